The number of unbranched alkanes of at least 4 members (excludes halogenated alkanes) is 1. The second-order valence-electron chi connectivity index (χ2n) is 9.97. The summed E-state index contributed by atoms with van der Waals surface area (Å²) in [5, 5.41) is 6.23. The Labute approximate surface area is 225 Å². The van der Waals surface area contributed by atoms with E-state index in [1.165, 1.54) is 0 Å². The number of fused-ring (bicyclic) bond motifs is 5. The maximum Gasteiger partial charge on any atom is 0.338 e. The van der Waals surface area contributed by atoms with Gasteiger partial charge < -0.3 is 4.74 Å². The monoisotopic (exact) mass is 521 g/mol. The van der Waals surface area contributed by atoms with Crippen LogP contribution in [0.5, 0.6) is 0 Å². The summed E-state index contributed by atoms with van der Waals surface area (Å²) in [4.78, 5) is 55.3. The number of esters is 1. The number of carbonyl (C=O) groups is 4. The van der Waals surface area contributed by atoms with Gasteiger partial charge in [-0.05, 0) is 41.8 Å². The molecule has 0 bridgehead atoms. The van der Waals surface area contributed by atoms with Crippen LogP contribution in [0.1, 0.15) is 57.7 Å². The Kier molecular flexibility index (Phi) is 6.30. The number of carbonyl (C=O) groups excluding carboxylic acids is 4. The molecule has 0 unspecified atom stereocenters. The fourth-order valence-corrected chi connectivity index (χ4v) is 5.84. The smallest absolute Gasteiger partial charge is 0.338 e. The molecule has 8 nitrogen and oxygen atoms in total. The minimum absolute atomic E-state index is 0.252. The zero-order valence-corrected chi connectivity index (χ0v) is 21.4. The van der Waals surface area contributed by atoms with Gasteiger partial charge >= 0.3 is 5.97 Å². The minimum Gasteiger partial charge on any atom is -0.462 e. The van der Waals surface area contributed by atoms with E-state index in [-0.39, 0.29) is 11.7 Å². The summed E-state index contributed by atoms with van der Waals surface area (Å²) in [7, 11) is 0. The summed E-state index contributed by atoms with van der Waals surface area (Å²) in [6, 6.07) is 21.2. The number of hydrogen-bond donors (Lipinski definition) is 0. The molecule has 39 heavy (non-hydrogen) atoms. The zero-order valence-electron chi connectivity index (χ0n) is 21.4. The quantitative estimate of drug-likeness (QED) is 0.198. The lowest BCUT2D eigenvalue weighted by Gasteiger charge is -2.33. The first-order chi connectivity index (χ1) is 19.0. The van der Waals surface area contributed by atoms with Crippen molar-refractivity contribution in [3.8, 4) is 0 Å². The highest BCUT2D eigenvalue weighted by atomic mass is 16.5. The number of benzene rings is 3. The van der Waals surface area contributed by atoms with Gasteiger partial charge in [-0.25, -0.2) is 9.69 Å². The molecule has 0 saturated carbocycles. The summed E-state index contributed by atoms with van der Waals surface area (Å²) in [5.74, 6) is -3.22. The molecule has 2 fully saturated rings. The Balaban J connectivity index is 1.37. The summed E-state index contributed by atoms with van der Waals surface area (Å²) < 4.78 is 5.27. The Morgan fingerprint density at radius 2 is 1.54 bits per heavy atom. The van der Waals surface area contributed by atoms with Crippen LogP contribution < -0.4 is 4.90 Å². The summed E-state index contributed by atoms with van der Waals surface area (Å²) >= 11 is 0. The molecule has 3 heterocycles. The summed E-state index contributed by atoms with van der Waals surface area (Å²) in [6.07, 6.45) is 3.37. The van der Waals surface area contributed by atoms with E-state index in [1.54, 1.807) is 59.8 Å². The molecule has 3 aromatic carbocycles. The average molecular weight is 522 g/mol. The van der Waals surface area contributed by atoms with Crippen LogP contribution in [0.3, 0.4) is 0 Å². The number of imide groups is 1. The maximum absolute atomic E-state index is 14.0. The van der Waals surface area contributed by atoms with E-state index in [2.05, 4.69) is 5.10 Å². The van der Waals surface area contributed by atoms with Gasteiger partial charge in [0.1, 0.15) is 6.04 Å². The molecule has 3 aliphatic rings. The van der Waals surface area contributed by atoms with Crippen molar-refractivity contribution in [2.24, 2.45) is 16.9 Å². The van der Waals surface area contributed by atoms with Crippen molar-refractivity contribution in [3.05, 3.63) is 101 Å². The minimum atomic E-state index is -0.929. The van der Waals surface area contributed by atoms with E-state index in [0.717, 1.165) is 28.9 Å². The number of nitrogens with zero attached hydrogens (tertiary/aromatic N) is 3. The Bertz CT molecular complexity index is 1480. The second-order valence-corrected chi connectivity index (χ2v) is 9.97. The second kappa shape index (κ2) is 9.94. The number of ether oxygens (including phenoxy) is 1. The predicted molar refractivity (Wildman–Crippen MR) is 144 cm³/mol. The average Bonchev–Trinajstić information content (AvgIpc) is 3.45. The van der Waals surface area contributed by atoms with Gasteiger partial charge in [0.25, 0.3) is 0 Å². The molecule has 2 saturated heterocycles. The summed E-state index contributed by atoms with van der Waals surface area (Å²) in [5.41, 5.74) is 2.87. The number of rotatable bonds is 7. The molecule has 8 heteroatoms. The lowest BCUT2D eigenvalue weighted by molar-refractivity contribution is -0.124. The van der Waals surface area contributed by atoms with Crippen LogP contribution in [0.2, 0.25) is 0 Å². The van der Waals surface area contributed by atoms with Crippen LogP contribution in [0, 0.1) is 11.8 Å². The number of hydrazone groups is 1. The molecule has 6 rings (SSSR count). The van der Waals surface area contributed by atoms with E-state index in [9.17, 15) is 19.2 Å². The Morgan fingerprint density at radius 3 is 2.28 bits per heavy atom. The largest absolute Gasteiger partial charge is 0.462 e. The van der Waals surface area contributed by atoms with Crippen molar-refractivity contribution in [2.45, 2.75) is 31.8 Å². The van der Waals surface area contributed by atoms with Gasteiger partial charge in [-0.3, -0.25) is 19.4 Å². The lowest BCUT2D eigenvalue weighted by atomic mass is 9.83. The van der Waals surface area contributed by atoms with Gasteiger partial charge in [0.2, 0.25) is 11.8 Å². The van der Waals surface area contributed by atoms with Gasteiger partial charge in [0.05, 0.1) is 41.9 Å². The van der Waals surface area contributed by atoms with Gasteiger partial charge in [0, 0.05) is 5.56 Å². The first kappa shape index (κ1) is 24.7. The number of amides is 2. The predicted octanol–water partition coefficient (Wildman–Crippen LogP) is 4.41. The Morgan fingerprint density at radius 1 is 0.846 bits per heavy atom. The van der Waals surface area contributed by atoms with E-state index in [0.29, 0.717) is 23.4 Å². The van der Waals surface area contributed by atoms with E-state index in [1.807, 2.05) is 37.3 Å². The number of Topliss-reactive ketones (excluding diaryl/α,β-unsaturated/α-hetero) is 1. The zero-order chi connectivity index (χ0) is 27.1. The van der Waals surface area contributed by atoms with Crippen LogP contribution in [-0.4, -0.2) is 47.4 Å². The van der Waals surface area contributed by atoms with Crippen molar-refractivity contribution in [3.63, 3.8) is 0 Å². The molecule has 0 radical (unpaired) electrons. The first-order valence-electron chi connectivity index (χ1n) is 13.2. The highest BCUT2D eigenvalue weighted by molar-refractivity contribution is 6.24. The van der Waals surface area contributed by atoms with Crippen LogP contribution in [0.15, 0.2) is 84.0 Å². The van der Waals surface area contributed by atoms with E-state index >= 15 is 0 Å². The number of anilines is 1. The van der Waals surface area contributed by atoms with Crippen LogP contribution in [0.25, 0.3) is 0 Å². The third kappa shape index (κ3) is 4.03. The maximum atomic E-state index is 14.0. The molecule has 0 spiro atoms. The topological polar surface area (TPSA) is 96.3 Å². The van der Waals surface area contributed by atoms with Gasteiger partial charge in [-0.2, -0.15) is 5.10 Å². The van der Waals surface area contributed by atoms with Crippen molar-refractivity contribution in [1.29, 1.82) is 0 Å². The third-order valence-electron chi connectivity index (χ3n) is 7.71. The highest BCUT2D eigenvalue weighted by Gasteiger charge is 2.65. The van der Waals surface area contributed by atoms with Crippen LogP contribution >= 0.6 is 0 Å². The van der Waals surface area contributed by atoms with E-state index < -0.39 is 35.8 Å². The normalized spacial score (nSPS) is 22.9. The van der Waals surface area contributed by atoms with Gasteiger partial charge in [-0.15, -0.1) is 0 Å². The number of hydrogen-bond acceptors (Lipinski definition) is 7. The molecule has 0 aromatic heterocycles. The molecule has 0 aliphatic carbocycles. The van der Waals surface area contributed by atoms with Gasteiger partial charge in [-0.1, -0.05) is 67.9 Å². The summed E-state index contributed by atoms with van der Waals surface area (Å²) in [6.45, 7) is 2.35. The highest BCUT2D eigenvalue weighted by Crippen LogP contribution is 2.53. The van der Waals surface area contributed by atoms with Crippen LogP contribution in [-0.2, 0) is 14.3 Å². The Hall–Kier alpha value is -4.59. The third-order valence-corrected chi connectivity index (χ3v) is 7.71. The molecule has 2 amide bonds. The van der Waals surface area contributed by atoms with Crippen molar-refractivity contribution < 1.29 is 23.9 Å². The fraction of sp³-hybridized carbons (Fsp3) is 0.258. The van der Waals surface area contributed by atoms with Crippen molar-refractivity contribution >= 4 is 35.5 Å². The van der Waals surface area contributed by atoms with E-state index in [4.69, 9.17) is 4.74 Å². The van der Waals surface area contributed by atoms with Gasteiger partial charge in [0.15, 0.2) is 5.78 Å². The molecule has 0 N–H and O–H groups in total. The molecule has 196 valence electrons. The lowest BCUT2D eigenvalue weighted by Crippen LogP contribution is -2.44. The molecule has 3 aliphatic heterocycles. The van der Waals surface area contributed by atoms with Crippen LogP contribution in [0.4, 0.5) is 5.69 Å². The fourth-order valence-electron chi connectivity index (χ4n) is 5.84. The molecule has 4 atom stereocenters. The molecular weight excluding hydrogens is 494 g/mol. The standard InChI is InChI=1S/C31H27N3O5/c1-2-3-17-39-31(38)20-13-15-22(16-14-20)33-29(36)24-25(30(33)37)27(28(35)19-9-5-4-6-10-19)34-26(24)23-12-8-7-11-21(23)18-32-34/h4-16,18,24-27H,2-3,17H2,1H3/t24-,25+,26-,27-/m0/s1. The number of ketones is 1. The first-order valence-corrected chi connectivity index (χ1v) is 13.2. The van der Waals surface area contributed by atoms with Crippen molar-refractivity contribution in [2.75, 3.05) is 11.5 Å². The molecule has 3 aromatic rings. The van der Waals surface area contributed by atoms with Crippen molar-refractivity contribution in [1.82, 2.24) is 5.01 Å². The molecular formula is C31H27N3O5. The SMILES string of the molecule is CCCCOC(=O)c1ccc(N2C(=O)[C@@H]3[C@H](C2=O)[C@@H]2c4ccccc4C=NN2[C@@H]3C(=O)c2ccccc2)cc1.